The molecule has 0 bridgehead atoms. The SMILES string of the molecule is CN(CCN(C)Cc1cc(Cl)ccc1O)Cc1cc(Cl)ccc1O. The minimum absolute atomic E-state index is 0.253. The van der Waals surface area contributed by atoms with Crippen LogP contribution in [-0.4, -0.2) is 47.2 Å². The van der Waals surface area contributed by atoms with Gasteiger partial charge in [0.1, 0.15) is 11.5 Å². The van der Waals surface area contributed by atoms with Crippen LogP contribution in [0.3, 0.4) is 0 Å². The Morgan fingerprint density at radius 2 is 1.12 bits per heavy atom. The van der Waals surface area contributed by atoms with Crippen molar-refractivity contribution >= 4 is 23.2 Å². The number of aromatic hydroxyl groups is 2. The molecular weight excluding hydrogens is 347 g/mol. The van der Waals surface area contributed by atoms with E-state index in [4.69, 9.17) is 23.2 Å². The van der Waals surface area contributed by atoms with Crippen LogP contribution in [0, 0.1) is 0 Å². The summed E-state index contributed by atoms with van der Waals surface area (Å²) in [6.45, 7) is 2.85. The first-order valence-corrected chi connectivity index (χ1v) is 8.42. The van der Waals surface area contributed by atoms with E-state index >= 15 is 0 Å². The molecule has 130 valence electrons. The van der Waals surface area contributed by atoms with E-state index in [2.05, 4.69) is 9.80 Å². The van der Waals surface area contributed by atoms with Crippen LogP contribution in [0.25, 0.3) is 0 Å². The molecule has 2 N–H and O–H groups in total. The molecule has 0 atom stereocenters. The molecule has 0 heterocycles. The third-order valence-corrected chi connectivity index (χ3v) is 4.30. The smallest absolute Gasteiger partial charge is 0.120 e. The highest BCUT2D eigenvalue weighted by Gasteiger charge is 2.09. The molecule has 0 saturated carbocycles. The van der Waals surface area contributed by atoms with Crippen molar-refractivity contribution in [1.82, 2.24) is 9.80 Å². The van der Waals surface area contributed by atoms with Crippen LogP contribution in [-0.2, 0) is 13.1 Å². The van der Waals surface area contributed by atoms with Gasteiger partial charge in [-0.05, 0) is 50.5 Å². The van der Waals surface area contributed by atoms with E-state index in [-0.39, 0.29) is 11.5 Å². The second kappa shape index (κ2) is 8.58. The second-order valence-electron chi connectivity index (χ2n) is 6.02. The molecule has 2 aromatic carbocycles. The predicted octanol–water partition coefficient (Wildman–Crippen LogP) is 3.97. The van der Waals surface area contributed by atoms with E-state index < -0.39 is 0 Å². The molecule has 0 aliphatic carbocycles. The molecule has 0 saturated heterocycles. The number of halogens is 2. The summed E-state index contributed by atoms with van der Waals surface area (Å²) in [6, 6.07) is 10.1. The van der Waals surface area contributed by atoms with Crippen LogP contribution < -0.4 is 0 Å². The molecule has 0 unspecified atom stereocenters. The lowest BCUT2D eigenvalue weighted by Gasteiger charge is -2.23. The number of hydrogen-bond donors (Lipinski definition) is 2. The van der Waals surface area contributed by atoms with Crippen molar-refractivity contribution in [2.75, 3.05) is 27.2 Å². The predicted molar refractivity (Wildman–Crippen MR) is 98.9 cm³/mol. The zero-order valence-electron chi connectivity index (χ0n) is 13.8. The number of phenolic OH excluding ortho intramolecular Hbond substituents is 2. The van der Waals surface area contributed by atoms with E-state index in [1.54, 1.807) is 36.4 Å². The summed E-state index contributed by atoms with van der Waals surface area (Å²) in [7, 11) is 3.98. The molecule has 0 amide bonds. The summed E-state index contributed by atoms with van der Waals surface area (Å²) in [4.78, 5) is 4.22. The summed E-state index contributed by atoms with van der Waals surface area (Å²) in [5.74, 6) is 0.506. The molecule has 0 aliphatic rings. The maximum Gasteiger partial charge on any atom is 0.120 e. The van der Waals surface area contributed by atoms with E-state index in [0.29, 0.717) is 23.1 Å². The Bertz CT molecular complexity index is 635. The molecule has 6 heteroatoms. The Kier molecular flexibility index (Phi) is 6.75. The molecule has 0 spiro atoms. The monoisotopic (exact) mass is 368 g/mol. The lowest BCUT2D eigenvalue weighted by atomic mass is 10.2. The first-order chi connectivity index (χ1) is 11.3. The lowest BCUT2D eigenvalue weighted by molar-refractivity contribution is 0.243. The molecule has 2 rings (SSSR count). The number of nitrogens with zero attached hydrogens (tertiary/aromatic N) is 2. The topological polar surface area (TPSA) is 46.9 Å². The highest BCUT2D eigenvalue weighted by Crippen LogP contribution is 2.23. The van der Waals surface area contributed by atoms with Crippen LogP contribution in [0.2, 0.25) is 10.0 Å². The quantitative estimate of drug-likeness (QED) is 0.776. The summed E-state index contributed by atoms with van der Waals surface area (Å²) < 4.78 is 0. The number of hydrogen-bond acceptors (Lipinski definition) is 4. The zero-order valence-corrected chi connectivity index (χ0v) is 15.3. The number of phenols is 2. The van der Waals surface area contributed by atoms with Gasteiger partial charge in [0.05, 0.1) is 0 Å². The first kappa shape index (κ1) is 18.9. The highest BCUT2D eigenvalue weighted by atomic mass is 35.5. The Labute approximate surface area is 152 Å². The Morgan fingerprint density at radius 3 is 1.50 bits per heavy atom. The largest absolute Gasteiger partial charge is 0.508 e. The van der Waals surface area contributed by atoms with Gasteiger partial charge in [0.15, 0.2) is 0 Å². The zero-order chi connectivity index (χ0) is 17.7. The normalized spacial score (nSPS) is 11.4. The van der Waals surface area contributed by atoms with Crippen LogP contribution >= 0.6 is 23.2 Å². The summed E-state index contributed by atoms with van der Waals surface area (Å²) in [5.41, 5.74) is 1.61. The van der Waals surface area contributed by atoms with Gasteiger partial charge < -0.3 is 20.0 Å². The molecular formula is C18H22Cl2N2O2. The maximum atomic E-state index is 9.88. The summed E-state index contributed by atoms with van der Waals surface area (Å²) in [6.07, 6.45) is 0. The summed E-state index contributed by atoms with van der Waals surface area (Å²) in [5, 5.41) is 21.0. The van der Waals surface area contributed by atoms with Gasteiger partial charge in [-0.25, -0.2) is 0 Å². The molecule has 0 aliphatic heterocycles. The van der Waals surface area contributed by atoms with E-state index in [1.807, 2.05) is 14.1 Å². The van der Waals surface area contributed by atoms with Gasteiger partial charge >= 0.3 is 0 Å². The molecule has 24 heavy (non-hydrogen) atoms. The number of likely N-dealkylation sites (N-methyl/N-ethyl adjacent to an activating group) is 2. The Morgan fingerprint density at radius 1 is 0.750 bits per heavy atom. The van der Waals surface area contributed by atoms with Crippen LogP contribution in [0.5, 0.6) is 11.5 Å². The van der Waals surface area contributed by atoms with E-state index in [0.717, 1.165) is 24.2 Å². The lowest BCUT2D eigenvalue weighted by Crippen LogP contribution is -2.30. The minimum Gasteiger partial charge on any atom is -0.508 e. The van der Waals surface area contributed by atoms with Gasteiger partial charge in [-0.3, -0.25) is 0 Å². The fraction of sp³-hybridized carbons (Fsp3) is 0.333. The Hall–Kier alpha value is -1.46. The second-order valence-corrected chi connectivity index (χ2v) is 6.89. The molecule has 0 radical (unpaired) electrons. The van der Waals surface area contributed by atoms with Crippen molar-refractivity contribution in [2.45, 2.75) is 13.1 Å². The Balaban J connectivity index is 1.85. The van der Waals surface area contributed by atoms with E-state index in [9.17, 15) is 10.2 Å². The van der Waals surface area contributed by atoms with Crippen LogP contribution in [0.1, 0.15) is 11.1 Å². The third kappa shape index (κ3) is 5.56. The maximum absolute atomic E-state index is 9.88. The van der Waals surface area contributed by atoms with Crippen molar-refractivity contribution in [3.63, 3.8) is 0 Å². The minimum atomic E-state index is 0.253. The summed E-state index contributed by atoms with van der Waals surface area (Å²) >= 11 is 11.9. The van der Waals surface area contributed by atoms with Crippen molar-refractivity contribution in [1.29, 1.82) is 0 Å². The molecule has 4 nitrogen and oxygen atoms in total. The van der Waals surface area contributed by atoms with Gasteiger partial charge in [0.25, 0.3) is 0 Å². The van der Waals surface area contributed by atoms with Crippen molar-refractivity contribution in [3.8, 4) is 11.5 Å². The number of benzene rings is 2. The van der Waals surface area contributed by atoms with Gasteiger partial charge in [0.2, 0.25) is 0 Å². The van der Waals surface area contributed by atoms with Gasteiger partial charge in [-0.2, -0.15) is 0 Å². The third-order valence-electron chi connectivity index (χ3n) is 3.83. The highest BCUT2D eigenvalue weighted by molar-refractivity contribution is 6.31. The van der Waals surface area contributed by atoms with Crippen molar-refractivity contribution < 1.29 is 10.2 Å². The fourth-order valence-corrected chi connectivity index (χ4v) is 2.83. The molecule has 2 aromatic rings. The van der Waals surface area contributed by atoms with Crippen LogP contribution in [0.4, 0.5) is 0 Å². The van der Waals surface area contributed by atoms with Crippen molar-refractivity contribution in [2.24, 2.45) is 0 Å². The molecule has 0 fully saturated rings. The van der Waals surface area contributed by atoms with Crippen LogP contribution in [0.15, 0.2) is 36.4 Å². The number of rotatable bonds is 7. The first-order valence-electron chi connectivity index (χ1n) is 7.67. The average molecular weight is 369 g/mol. The van der Waals surface area contributed by atoms with Crippen molar-refractivity contribution in [3.05, 3.63) is 57.6 Å². The van der Waals surface area contributed by atoms with Gasteiger partial charge in [-0.15, -0.1) is 0 Å². The standard InChI is InChI=1S/C18H22Cl2N2O2/c1-21(11-13-9-15(19)3-5-17(13)23)7-8-22(2)12-14-10-16(20)4-6-18(14)24/h3-6,9-10,23-24H,7-8,11-12H2,1-2H3. The van der Waals surface area contributed by atoms with Gasteiger partial charge in [0, 0.05) is 47.4 Å². The van der Waals surface area contributed by atoms with E-state index in [1.165, 1.54) is 0 Å². The average Bonchev–Trinajstić information content (AvgIpc) is 2.52. The van der Waals surface area contributed by atoms with Gasteiger partial charge in [-0.1, -0.05) is 23.2 Å². The molecule has 0 aromatic heterocycles. The fourth-order valence-electron chi connectivity index (χ4n) is 2.44.